The minimum Gasteiger partial charge on any atom is -0.494 e. The summed E-state index contributed by atoms with van der Waals surface area (Å²) < 4.78 is 11.2. The van der Waals surface area contributed by atoms with Gasteiger partial charge in [0.05, 0.1) is 22.9 Å². The number of carbonyl (C=O) groups excluding carboxylic acids is 2. The molecule has 0 spiro atoms. The van der Waals surface area contributed by atoms with Crippen molar-refractivity contribution in [2.75, 3.05) is 11.5 Å². The second-order valence-corrected chi connectivity index (χ2v) is 7.88. The summed E-state index contributed by atoms with van der Waals surface area (Å²) in [5, 5.41) is 11.6. The molecule has 2 N–H and O–H groups in total. The molecular weight excluding hydrogens is 480 g/mol. The van der Waals surface area contributed by atoms with Gasteiger partial charge in [-0.3, -0.25) is 19.8 Å². The van der Waals surface area contributed by atoms with Crippen molar-refractivity contribution < 1.29 is 28.6 Å². The van der Waals surface area contributed by atoms with Gasteiger partial charge in [0, 0.05) is 11.6 Å². The van der Waals surface area contributed by atoms with Gasteiger partial charge in [-0.05, 0) is 61.6 Å². The first-order valence-electron chi connectivity index (χ1n) is 10.1. The lowest BCUT2D eigenvalue weighted by Crippen LogP contribution is -2.54. The summed E-state index contributed by atoms with van der Waals surface area (Å²) in [6.45, 7) is 2.30. The van der Waals surface area contributed by atoms with Crippen molar-refractivity contribution in [3.8, 4) is 17.1 Å². The summed E-state index contributed by atoms with van der Waals surface area (Å²) in [7, 11) is 0. The number of furan rings is 1. The van der Waals surface area contributed by atoms with Gasteiger partial charge in [0.15, 0.2) is 5.11 Å². The van der Waals surface area contributed by atoms with E-state index in [0.717, 1.165) is 0 Å². The number of carboxylic acid groups (broad SMARTS) is 1. The molecular formula is C24H17ClN2O6S. The van der Waals surface area contributed by atoms with E-state index in [9.17, 15) is 14.4 Å². The zero-order chi connectivity index (χ0) is 24.4. The van der Waals surface area contributed by atoms with E-state index in [1.165, 1.54) is 23.1 Å². The van der Waals surface area contributed by atoms with E-state index in [1.807, 2.05) is 6.92 Å². The molecule has 1 aromatic heterocycles. The number of benzene rings is 2. The fourth-order valence-electron chi connectivity index (χ4n) is 3.34. The molecule has 0 atom stereocenters. The molecule has 172 valence electrons. The van der Waals surface area contributed by atoms with E-state index in [-0.39, 0.29) is 27.0 Å². The molecule has 1 aliphatic heterocycles. The highest BCUT2D eigenvalue weighted by Gasteiger charge is 2.35. The number of nitrogens with one attached hydrogen (secondary N) is 1. The molecule has 4 rings (SSSR count). The second kappa shape index (κ2) is 9.50. The van der Waals surface area contributed by atoms with Crippen molar-refractivity contribution in [1.29, 1.82) is 0 Å². The van der Waals surface area contributed by atoms with Crippen LogP contribution in [0.2, 0.25) is 5.02 Å². The summed E-state index contributed by atoms with van der Waals surface area (Å²) in [6.07, 6.45) is 1.32. The topological polar surface area (TPSA) is 109 Å². The van der Waals surface area contributed by atoms with Crippen LogP contribution < -0.4 is 15.0 Å². The second-order valence-electron chi connectivity index (χ2n) is 7.09. The predicted molar refractivity (Wildman–Crippen MR) is 130 cm³/mol. The van der Waals surface area contributed by atoms with Gasteiger partial charge in [-0.15, -0.1) is 0 Å². The number of ether oxygens (including phenoxy) is 1. The van der Waals surface area contributed by atoms with Crippen LogP contribution in [-0.2, 0) is 9.59 Å². The van der Waals surface area contributed by atoms with Crippen LogP contribution >= 0.6 is 23.8 Å². The maximum absolute atomic E-state index is 13.2. The molecule has 34 heavy (non-hydrogen) atoms. The Bertz CT molecular complexity index is 1360. The first-order valence-corrected chi connectivity index (χ1v) is 10.8. The Morgan fingerprint density at radius 3 is 2.71 bits per heavy atom. The van der Waals surface area contributed by atoms with E-state index in [1.54, 1.807) is 42.5 Å². The van der Waals surface area contributed by atoms with E-state index in [4.69, 9.17) is 38.1 Å². The van der Waals surface area contributed by atoms with Gasteiger partial charge in [0.1, 0.15) is 22.8 Å². The van der Waals surface area contributed by atoms with Crippen LogP contribution in [-0.4, -0.2) is 34.6 Å². The molecule has 1 fully saturated rings. The van der Waals surface area contributed by atoms with Gasteiger partial charge in [0.2, 0.25) is 0 Å². The number of nitrogens with zero attached hydrogens (tertiary/aromatic N) is 1. The highest BCUT2D eigenvalue weighted by atomic mass is 35.5. The zero-order valence-corrected chi connectivity index (χ0v) is 19.3. The molecule has 0 radical (unpaired) electrons. The number of hydrogen-bond acceptors (Lipinski definition) is 6. The molecule has 8 nitrogen and oxygen atoms in total. The van der Waals surface area contributed by atoms with Crippen LogP contribution in [0, 0.1) is 0 Å². The van der Waals surface area contributed by atoms with Crippen LogP contribution in [0.4, 0.5) is 5.69 Å². The minimum absolute atomic E-state index is 0.0340. The van der Waals surface area contributed by atoms with Crippen LogP contribution in [0.3, 0.4) is 0 Å². The quantitative estimate of drug-likeness (QED) is 0.293. The van der Waals surface area contributed by atoms with E-state index in [0.29, 0.717) is 29.4 Å². The standard InChI is InChI=1S/C24H17ClN2O6S/c1-2-32-15-5-3-4-14(11-15)27-22(29)18(21(28)26-24(27)34)12-16-7-9-20(33-16)13-6-8-17(23(30)31)19(25)10-13/h3-12H,2H2,1H3,(H,30,31)(H,26,28,34)/b18-12-. The van der Waals surface area contributed by atoms with Crippen LogP contribution in [0.15, 0.2) is 64.6 Å². The number of thiocarbonyl (C=S) groups is 1. The SMILES string of the molecule is CCOc1cccc(N2C(=O)/C(=C\c3ccc(-c4ccc(C(=O)O)c(Cl)c4)o3)C(=O)NC2=S)c1. The largest absolute Gasteiger partial charge is 0.494 e. The van der Waals surface area contributed by atoms with Gasteiger partial charge < -0.3 is 14.3 Å². The lowest BCUT2D eigenvalue weighted by molar-refractivity contribution is -0.122. The number of carboxylic acids is 1. The van der Waals surface area contributed by atoms with E-state index >= 15 is 0 Å². The Labute approximate surface area is 204 Å². The molecule has 0 aliphatic carbocycles. The highest BCUT2D eigenvalue weighted by Crippen LogP contribution is 2.29. The molecule has 1 saturated heterocycles. The van der Waals surface area contributed by atoms with Crippen LogP contribution in [0.5, 0.6) is 5.75 Å². The van der Waals surface area contributed by atoms with Gasteiger partial charge in [0.25, 0.3) is 11.8 Å². The fraction of sp³-hybridized carbons (Fsp3) is 0.0833. The van der Waals surface area contributed by atoms with Gasteiger partial charge >= 0.3 is 5.97 Å². The average molecular weight is 497 g/mol. The predicted octanol–water partition coefficient (Wildman–Crippen LogP) is 4.53. The smallest absolute Gasteiger partial charge is 0.337 e. The zero-order valence-electron chi connectivity index (χ0n) is 17.7. The number of hydrogen-bond donors (Lipinski definition) is 2. The van der Waals surface area contributed by atoms with E-state index < -0.39 is 17.8 Å². The van der Waals surface area contributed by atoms with Gasteiger partial charge in [-0.1, -0.05) is 23.7 Å². The number of carbonyl (C=O) groups is 3. The lowest BCUT2D eigenvalue weighted by atomic mass is 10.1. The molecule has 1 aliphatic rings. The van der Waals surface area contributed by atoms with Crippen LogP contribution in [0.1, 0.15) is 23.0 Å². The van der Waals surface area contributed by atoms with E-state index in [2.05, 4.69) is 5.32 Å². The number of aromatic carboxylic acids is 1. The number of anilines is 1. The minimum atomic E-state index is -1.14. The molecule has 10 heteroatoms. The van der Waals surface area contributed by atoms with Gasteiger partial charge in [-0.2, -0.15) is 0 Å². The summed E-state index contributed by atoms with van der Waals surface area (Å²) in [5.41, 5.74) is 0.776. The van der Waals surface area contributed by atoms with Crippen molar-refractivity contribution in [3.63, 3.8) is 0 Å². The summed E-state index contributed by atoms with van der Waals surface area (Å²) in [5.74, 6) is -1.24. The number of amides is 2. The molecule has 0 unspecified atom stereocenters. The third-order valence-electron chi connectivity index (χ3n) is 4.89. The Hall–Kier alpha value is -3.95. The maximum atomic E-state index is 13.2. The Morgan fingerprint density at radius 2 is 2.00 bits per heavy atom. The molecule has 0 bridgehead atoms. The lowest BCUT2D eigenvalue weighted by Gasteiger charge is -2.29. The van der Waals surface area contributed by atoms with Crippen molar-refractivity contribution in [2.24, 2.45) is 0 Å². The molecule has 2 aromatic carbocycles. The monoisotopic (exact) mass is 496 g/mol. The average Bonchev–Trinajstić information content (AvgIpc) is 3.25. The maximum Gasteiger partial charge on any atom is 0.337 e. The third kappa shape index (κ3) is 4.57. The molecule has 2 heterocycles. The van der Waals surface area contributed by atoms with Gasteiger partial charge in [-0.25, -0.2) is 4.79 Å². The van der Waals surface area contributed by atoms with Crippen molar-refractivity contribution >= 4 is 58.5 Å². The van der Waals surface area contributed by atoms with Crippen molar-refractivity contribution in [2.45, 2.75) is 6.92 Å². The normalized spacial score (nSPS) is 14.9. The highest BCUT2D eigenvalue weighted by molar-refractivity contribution is 7.80. The summed E-state index contributed by atoms with van der Waals surface area (Å²) in [6, 6.07) is 14.4. The molecule has 2 amide bonds. The summed E-state index contributed by atoms with van der Waals surface area (Å²) in [4.78, 5) is 38.1. The first-order chi connectivity index (χ1) is 16.3. The van der Waals surface area contributed by atoms with Crippen LogP contribution in [0.25, 0.3) is 17.4 Å². The number of halogens is 1. The summed E-state index contributed by atoms with van der Waals surface area (Å²) >= 11 is 11.3. The number of rotatable bonds is 6. The Balaban J connectivity index is 1.64. The molecule has 0 saturated carbocycles. The third-order valence-corrected chi connectivity index (χ3v) is 5.48. The van der Waals surface area contributed by atoms with Crippen molar-refractivity contribution in [3.05, 3.63) is 76.5 Å². The Kier molecular flexibility index (Phi) is 6.49. The first kappa shape index (κ1) is 23.2. The fourth-order valence-corrected chi connectivity index (χ4v) is 3.88. The Morgan fingerprint density at radius 1 is 1.21 bits per heavy atom. The van der Waals surface area contributed by atoms with Crippen molar-refractivity contribution in [1.82, 2.24) is 5.32 Å². The molecule has 3 aromatic rings.